The Hall–Kier alpha value is -2.46. The third-order valence-corrected chi connectivity index (χ3v) is 3.97. The Morgan fingerprint density at radius 3 is 2.87 bits per heavy atom. The fourth-order valence-electron chi connectivity index (χ4n) is 2.73. The number of aromatic hydroxyl groups is 1. The Balaban J connectivity index is 1.62. The third kappa shape index (κ3) is 3.66. The highest BCUT2D eigenvalue weighted by atomic mass is 16.5. The number of rotatable bonds is 6. The van der Waals surface area contributed by atoms with Gasteiger partial charge in [0.05, 0.1) is 13.4 Å². The SMILES string of the molecule is COc1cc(O)ccc1CNC(C)Cc1ccc2occc2c1. The minimum atomic E-state index is 0.215. The summed E-state index contributed by atoms with van der Waals surface area (Å²) >= 11 is 0. The second-order valence-electron chi connectivity index (χ2n) is 5.78. The molecule has 1 unspecified atom stereocenters. The van der Waals surface area contributed by atoms with Crippen molar-refractivity contribution >= 4 is 11.0 Å². The topological polar surface area (TPSA) is 54.6 Å². The van der Waals surface area contributed by atoms with Gasteiger partial charge in [-0.25, -0.2) is 0 Å². The van der Waals surface area contributed by atoms with Crippen molar-refractivity contribution in [2.75, 3.05) is 7.11 Å². The van der Waals surface area contributed by atoms with Gasteiger partial charge in [-0.1, -0.05) is 12.1 Å². The zero-order chi connectivity index (χ0) is 16.2. The molecule has 1 heterocycles. The Labute approximate surface area is 135 Å². The first-order valence-electron chi connectivity index (χ1n) is 7.71. The highest BCUT2D eigenvalue weighted by molar-refractivity contribution is 5.77. The summed E-state index contributed by atoms with van der Waals surface area (Å²) < 4.78 is 10.7. The number of hydrogen-bond acceptors (Lipinski definition) is 4. The highest BCUT2D eigenvalue weighted by Crippen LogP contribution is 2.24. The van der Waals surface area contributed by atoms with Crippen molar-refractivity contribution in [2.24, 2.45) is 0 Å². The first-order chi connectivity index (χ1) is 11.2. The second-order valence-corrected chi connectivity index (χ2v) is 5.78. The summed E-state index contributed by atoms with van der Waals surface area (Å²) in [5, 5.41) is 14.1. The number of phenolic OH excluding ortho intramolecular Hbond substituents is 1. The Bertz CT molecular complexity index is 794. The van der Waals surface area contributed by atoms with E-state index in [4.69, 9.17) is 9.15 Å². The smallest absolute Gasteiger partial charge is 0.133 e. The lowest BCUT2D eigenvalue weighted by molar-refractivity contribution is 0.399. The van der Waals surface area contributed by atoms with E-state index in [-0.39, 0.29) is 5.75 Å². The average molecular weight is 311 g/mol. The molecule has 0 saturated heterocycles. The summed E-state index contributed by atoms with van der Waals surface area (Å²) in [5.74, 6) is 0.913. The van der Waals surface area contributed by atoms with Crippen LogP contribution in [0.5, 0.6) is 11.5 Å². The van der Waals surface area contributed by atoms with Crippen molar-refractivity contribution in [3.63, 3.8) is 0 Å². The second kappa shape index (κ2) is 6.75. The van der Waals surface area contributed by atoms with Gasteiger partial charge < -0.3 is 19.6 Å². The van der Waals surface area contributed by atoms with Crippen molar-refractivity contribution in [3.05, 3.63) is 59.9 Å². The predicted octanol–water partition coefficient (Wildman–Crippen LogP) is 3.87. The molecule has 3 rings (SSSR count). The number of phenols is 1. The molecule has 0 amide bonds. The number of ether oxygens (including phenoxy) is 1. The summed E-state index contributed by atoms with van der Waals surface area (Å²) in [7, 11) is 1.61. The molecule has 0 aliphatic rings. The molecule has 0 aliphatic carbocycles. The molecule has 0 spiro atoms. The fraction of sp³-hybridized carbons (Fsp3) is 0.263. The molecule has 120 valence electrons. The zero-order valence-electron chi connectivity index (χ0n) is 13.4. The van der Waals surface area contributed by atoms with Crippen molar-refractivity contribution in [3.8, 4) is 11.5 Å². The number of furan rings is 1. The van der Waals surface area contributed by atoms with Crippen molar-refractivity contribution < 1.29 is 14.3 Å². The van der Waals surface area contributed by atoms with E-state index >= 15 is 0 Å². The number of benzene rings is 2. The van der Waals surface area contributed by atoms with E-state index in [0.29, 0.717) is 18.3 Å². The number of hydrogen-bond donors (Lipinski definition) is 2. The lowest BCUT2D eigenvalue weighted by Crippen LogP contribution is -2.27. The zero-order valence-corrected chi connectivity index (χ0v) is 13.4. The lowest BCUT2D eigenvalue weighted by Gasteiger charge is -2.16. The minimum Gasteiger partial charge on any atom is -0.508 e. The van der Waals surface area contributed by atoms with Gasteiger partial charge in [-0.15, -0.1) is 0 Å². The molecule has 2 N–H and O–H groups in total. The van der Waals surface area contributed by atoms with Crippen molar-refractivity contribution in [2.45, 2.75) is 25.9 Å². The van der Waals surface area contributed by atoms with E-state index in [0.717, 1.165) is 23.0 Å². The largest absolute Gasteiger partial charge is 0.508 e. The fourth-order valence-corrected chi connectivity index (χ4v) is 2.73. The van der Waals surface area contributed by atoms with E-state index in [1.807, 2.05) is 18.2 Å². The number of fused-ring (bicyclic) bond motifs is 1. The molecule has 0 bridgehead atoms. The van der Waals surface area contributed by atoms with Gasteiger partial charge in [-0.05, 0) is 43.2 Å². The van der Waals surface area contributed by atoms with Crippen LogP contribution in [0.1, 0.15) is 18.1 Å². The summed E-state index contributed by atoms with van der Waals surface area (Å²) in [6.07, 6.45) is 2.65. The molecular weight excluding hydrogens is 290 g/mol. The molecule has 1 atom stereocenters. The maximum atomic E-state index is 9.50. The molecule has 4 nitrogen and oxygen atoms in total. The van der Waals surface area contributed by atoms with E-state index in [1.54, 1.807) is 25.5 Å². The van der Waals surface area contributed by atoms with Gasteiger partial charge in [0, 0.05) is 29.6 Å². The molecule has 0 saturated carbocycles. The molecule has 0 aliphatic heterocycles. The van der Waals surface area contributed by atoms with Gasteiger partial charge >= 0.3 is 0 Å². The third-order valence-electron chi connectivity index (χ3n) is 3.97. The minimum absolute atomic E-state index is 0.215. The molecule has 4 heteroatoms. The Morgan fingerprint density at radius 2 is 2.04 bits per heavy atom. The normalized spacial score (nSPS) is 12.4. The van der Waals surface area contributed by atoms with Crippen LogP contribution in [0.3, 0.4) is 0 Å². The van der Waals surface area contributed by atoms with Crippen LogP contribution in [0.25, 0.3) is 11.0 Å². The van der Waals surface area contributed by atoms with Crippen LogP contribution in [0, 0.1) is 0 Å². The van der Waals surface area contributed by atoms with Crippen LogP contribution in [0.4, 0.5) is 0 Å². The molecule has 23 heavy (non-hydrogen) atoms. The lowest BCUT2D eigenvalue weighted by atomic mass is 10.0. The quantitative estimate of drug-likeness (QED) is 0.725. The van der Waals surface area contributed by atoms with Crippen LogP contribution >= 0.6 is 0 Å². The van der Waals surface area contributed by atoms with E-state index in [1.165, 1.54) is 5.56 Å². The monoisotopic (exact) mass is 311 g/mol. The Morgan fingerprint density at radius 1 is 1.17 bits per heavy atom. The van der Waals surface area contributed by atoms with Crippen LogP contribution in [0.15, 0.2) is 53.1 Å². The average Bonchev–Trinajstić information content (AvgIpc) is 3.01. The summed E-state index contributed by atoms with van der Waals surface area (Å²) in [5.41, 5.74) is 3.22. The molecule has 1 aromatic heterocycles. The Kier molecular flexibility index (Phi) is 4.53. The first-order valence-corrected chi connectivity index (χ1v) is 7.71. The highest BCUT2D eigenvalue weighted by Gasteiger charge is 2.08. The van der Waals surface area contributed by atoms with Crippen LogP contribution in [-0.2, 0) is 13.0 Å². The van der Waals surface area contributed by atoms with Gasteiger partial charge in [0.25, 0.3) is 0 Å². The summed E-state index contributed by atoms with van der Waals surface area (Å²) in [6.45, 7) is 2.85. The van der Waals surface area contributed by atoms with Gasteiger partial charge in [-0.2, -0.15) is 0 Å². The molecular formula is C19H21NO3. The van der Waals surface area contributed by atoms with Crippen LogP contribution < -0.4 is 10.1 Å². The molecule has 0 fully saturated rings. The van der Waals surface area contributed by atoms with Gasteiger partial charge in [0.15, 0.2) is 0 Å². The summed E-state index contributed by atoms with van der Waals surface area (Å²) in [4.78, 5) is 0. The van der Waals surface area contributed by atoms with Gasteiger partial charge in [0.1, 0.15) is 17.1 Å². The van der Waals surface area contributed by atoms with E-state index in [9.17, 15) is 5.11 Å². The summed E-state index contributed by atoms with van der Waals surface area (Å²) in [6, 6.07) is 13.8. The molecule has 2 aromatic carbocycles. The number of methoxy groups -OCH3 is 1. The standard InChI is InChI=1S/C19H21NO3/c1-13(9-14-3-6-18-15(10-14)7-8-23-18)20-12-16-4-5-17(21)11-19(16)22-2/h3-8,10-11,13,20-21H,9,12H2,1-2H3. The maximum Gasteiger partial charge on any atom is 0.133 e. The van der Waals surface area contributed by atoms with Gasteiger partial charge in [0.2, 0.25) is 0 Å². The van der Waals surface area contributed by atoms with Crippen molar-refractivity contribution in [1.29, 1.82) is 0 Å². The molecule has 3 aromatic rings. The van der Waals surface area contributed by atoms with Crippen LogP contribution in [-0.4, -0.2) is 18.3 Å². The first kappa shape index (κ1) is 15.4. The van der Waals surface area contributed by atoms with Crippen LogP contribution in [0.2, 0.25) is 0 Å². The van der Waals surface area contributed by atoms with E-state index in [2.05, 4.69) is 24.4 Å². The number of nitrogens with one attached hydrogen (secondary N) is 1. The van der Waals surface area contributed by atoms with Crippen molar-refractivity contribution in [1.82, 2.24) is 5.32 Å². The molecule has 0 radical (unpaired) electrons. The van der Waals surface area contributed by atoms with E-state index < -0.39 is 0 Å². The van der Waals surface area contributed by atoms with Gasteiger partial charge in [-0.3, -0.25) is 0 Å². The predicted molar refractivity (Wildman–Crippen MR) is 90.9 cm³/mol. The maximum absolute atomic E-state index is 9.50.